The monoisotopic (exact) mass is 392 g/mol. The van der Waals surface area contributed by atoms with E-state index in [1.807, 2.05) is 6.92 Å². The largest absolute Gasteiger partial charge is 0.359 e. The average molecular weight is 393 g/mol. The summed E-state index contributed by atoms with van der Waals surface area (Å²) in [5.41, 5.74) is 1.37. The smallest absolute Gasteiger partial charge is 0.152 e. The first kappa shape index (κ1) is 19.4. The number of allylic oxidation sites excluding steroid dienone is 1. The number of aryl methyl sites for hydroxylation is 1. The molecule has 0 spiro atoms. The normalized spacial score (nSPS) is 20.9. The van der Waals surface area contributed by atoms with Crippen molar-refractivity contribution < 1.29 is 13.2 Å². The van der Waals surface area contributed by atoms with E-state index < -0.39 is 17.5 Å². The molecule has 1 fully saturated rings. The van der Waals surface area contributed by atoms with E-state index in [0.717, 1.165) is 18.2 Å². The molecule has 0 aromatic heterocycles. The van der Waals surface area contributed by atoms with Gasteiger partial charge in [0.25, 0.3) is 0 Å². The fourth-order valence-corrected chi connectivity index (χ4v) is 3.21. The Morgan fingerprint density at radius 1 is 1.11 bits per heavy atom. The summed E-state index contributed by atoms with van der Waals surface area (Å²) >= 11 is 6.25. The van der Waals surface area contributed by atoms with Crippen LogP contribution in [0.5, 0.6) is 0 Å². The fraction of sp³-hybridized carbons (Fsp3) is 0.238. The second kappa shape index (κ2) is 6.97. The number of benzene rings is 2. The average Bonchev–Trinajstić information content (AvgIpc) is 3.25. The van der Waals surface area contributed by atoms with Crippen molar-refractivity contribution in [3.05, 3.63) is 77.8 Å². The van der Waals surface area contributed by atoms with E-state index in [-0.39, 0.29) is 33.3 Å². The van der Waals surface area contributed by atoms with E-state index >= 15 is 0 Å². The predicted octanol–water partition coefficient (Wildman–Crippen LogP) is 6.44. The number of nitrogens with one attached hydrogen (secondary N) is 2. The van der Waals surface area contributed by atoms with Crippen LogP contribution in [0.2, 0.25) is 0 Å². The summed E-state index contributed by atoms with van der Waals surface area (Å²) in [4.78, 5) is -0.307. The number of alkyl halides is 1. The molecule has 2 nitrogen and oxygen atoms in total. The molecule has 1 saturated carbocycles. The molecule has 0 amide bonds. The second-order valence-electron chi connectivity index (χ2n) is 7.04. The minimum atomic E-state index is -0.780. The number of hydrogen-bond donors (Lipinski definition) is 2. The Kier molecular flexibility index (Phi) is 5.00. The molecule has 2 unspecified atom stereocenters. The van der Waals surface area contributed by atoms with Gasteiger partial charge >= 0.3 is 0 Å². The van der Waals surface area contributed by atoms with Crippen molar-refractivity contribution in [2.24, 2.45) is 5.92 Å². The van der Waals surface area contributed by atoms with Gasteiger partial charge in [-0.05, 0) is 50.1 Å². The topological polar surface area (TPSA) is 24.1 Å². The number of hydrogen-bond acceptors (Lipinski definition) is 2. The zero-order valence-corrected chi connectivity index (χ0v) is 15.9. The Hall–Kier alpha value is -2.40. The number of anilines is 2. The molecular formula is C21H20ClF3N2. The third-order valence-electron chi connectivity index (χ3n) is 4.75. The highest BCUT2D eigenvalue weighted by atomic mass is 35.5. The van der Waals surface area contributed by atoms with Crippen molar-refractivity contribution in [2.75, 3.05) is 10.6 Å². The molecular weight excluding hydrogens is 373 g/mol. The first-order chi connectivity index (χ1) is 12.6. The van der Waals surface area contributed by atoms with Crippen LogP contribution in [0, 0.1) is 30.3 Å². The van der Waals surface area contributed by atoms with Crippen LogP contribution >= 0.6 is 11.6 Å². The molecule has 2 atom stereocenters. The van der Waals surface area contributed by atoms with Gasteiger partial charge in [-0.25, -0.2) is 13.2 Å². The van der Waals surface area contributed by atoms with Gasteiger partial charge in [0.2, 0.25) is 0 Å². The SMILES string of the molecule is C=C(Nc1c(F)ccc(C)c1F)c1cc(NC(=C)C2CC2(C)Cl)ccc1F. The molecule has 2 aromatic rings. The van der Waals surface area contributed by atoms with Crippen LogP contribution in [0.1, 0.15) is 24.5 Å². The van der Waals surface area contributed by atoms with Crippen LogP contribution in [0.3, 0.4) is 0 Å². The summed E-state index contributed by atoms with van der Waals surface area (Å²) in [6.07, 6.45) is 0.814. The van der Waals surface area contributed by atoms with Crippen molar-refractivity contribution >= 4 is 28.7 Å². The van der Waals surface area contributed by atoms with Gasteiger partial charge in [-0.1, -0.05) is 19.2 Å². The highest BCUT2D eigenvalue weighted by Gasteiger charge is 2.50. The Morgan fingerprint density at radius 3 is 2.37 bits per heavy atom. The van der Waals surface area contributed by atoms with Crippen LogP contribution in [-0.4, -0.2) is 4.87 Å². The quantitative estimate of drug-likeness (QED) is 0.553. The standard InChI is InChI=1S/C21H20ClF3N2/c1-11-5-7-18(24)20(19(11)25)27-12(2)15-9-14(6-8-17(15)23)26-13(3)16-10-21(16,4)22/h5-9,16,26-27H,2-3,10H2,1,4H3. The molecule has 2 aromatic carbocycles. The number of rotatable bonds is 6. The third-order valence-corrected chi connectivity index (χ3v) is 5.16. The third kappa shape index (κ3) is 3.98. The maximum absolute atomic E-state index is 14.3. The Morgan fingerprint density at radius 2 is 1.74 bits per heavy atom. The summed E-state index contributed by atoms with van der Waals surface area (Å²) < 4.78 is 42.4. The van der Waals surface area contributed by atoms with Gasteiger partial charge in [-0.3, -0.25) is 0 Å². The van der Waals surface area contributed by atoms with Gasteiger partial charge in [0.15, 0.2) is 5.82 Å². The minimum absolute atomic E-state index is 0.0405. The van der Waals surface area contributed by atoms with Crippen molar-refractivity contribution in [3.63, 3.8) is 0 Å². The lowest BCUT2D eigenvalue weighted by Crippen LogP contribution is -2.08. The summed E-state index contributed by atoms with van der Waals surface area (Å²) in [5, 5.41) is 5.66. The van der Waals surface area contributed by atoms with E-state index in [0.29, 0.717) is 5.69 Å². The number of halogens is 4. The maximum Gasteiger partial charge on any atom is 0.152 e. The highest BCUT2D eigenvalue weighted by molar-refractivity contribution is 6.26. The van der Waals surface area contributed by atoms with Crippen LogP contribution in [0.4, 0.5) is 24.5 Å². The Bertz CT molecular complexity index is 937. The molecule has 0 aliphatic heterocycles. The highest BCUT2D eigenvalue weighted by Crippen LogP contribution is 2.52. The first-order valence-corrected chi connectivity index (χ1v) is 8.83. The molecule has 142 valence electrons. The summed E-state index contributed by atoms with van der Waals surface area (Å²) in [6.45, 7) is 11.2. The van der Waals surface area contributed by atoms with Gasteiger partial charge in [0.05, 0.1) is 4.87 Å². The van der Waals surface area contributed by atoms with Gasteiger partial charge < -0.3 is 10.6 Å². The molecule has 6 heteroatoms. The van der Waals surface area contributed by atoms with Gasteiger partial charge in [0.1, 0.15) is 17.3 Å². The molecule has 3 rings (SSSR count). The van der Waals surface area contributed by atoms with Crippen LogP contribution in [0.25, 0.3) is 5.70 Å². The molecule has 0 saturated heterocycles. The van der Waals surface area contributed by atoms with Crippen LogP contribution in [-0.2, 0) is 0 Å². The molecule has 27 heavy (non-hydrogen) atoms. The van der Waals surface area contributed by atoms with E-state index in [1.54, 1.807) is 6.07 Å². The van der Waals surface area contributed by atoms with Crippen molar-refractivity contribution in [1.29, 1.82) is 0 Å². The lowest BCUT2D eigenvalue weighted by atomic mass is 10.1. The molecule has 2 N–H and O–H groups in total. The van der Waals surface area contributed by atoms with Gasteiger partial charge in [0, 0.05) is 28.6 Å². The molecule has 1 aliphatic rings. The first-order valence-electron chi connectivity index (χ1n) is 8.45. The van der Waals surface area contributed by atoms with Crippen LogP contribution < -0.4 is 10.6 Å². The Labute approximate surface area is 161 Å². The zero-order valence-electron chi connectivity index (χ0n) is 15.1. The molecule has 0 heterocycles. The lowest BCUT2D eigenvalue weighted by molar-refractivity contribution is 0.584. The summed E-state index contributed by atoms with van der Waals surface area (Å²) in [6, 6.07) is 6.80. The van der Waals surface area contributed by atoms with Crippen molar-refractivity contribution in [1.82, 2.24) is 0 Å². The molecule has 0 radical (unpaired) electrons. The maximum atomic E-state index is 14.3. The van der Waals surface area contributed by atoms with E-state index in [1.165, 1.54) is 25.1 Å². The van der Waals surface area contributed by atoms with Gasteiger partial charge in [-0.15, -0.1) is 11.6 Å². The van der Waals surface area contributed by atoms with E-state index in [4.69, 9.17) is 11.6 Å². The molecule has 1 aliphatic carbocycles. The van der Waals surface area contributed by atoms with Crippen LogP contribution in [0.15, 0.2) is 49.2 Å². The minimum Gasteiger partial charge on any atom is -0.359 e. The lowest BCUT2D eigenvalue weighted by Gasteiger charge is -2.16. The fourth-order valence-electron chi connectivity index (χ4n) is 2.92. The summed E-state index contributed by atoms with van der Waals surface area (Å²) in [7, 11) is 0. The van der Waals surface area contributed by atoms with Gasteiger partial charge in [-0.2, -0.15) is 0 Å². The van der Waals surface area contributed by atoms with Crippen molar-refractivity contribution in [3.8, 4) is 0 Å². The van der Waals surface area contributed by atoms with E-state index in [9.17, 15) is 13.2 Å². The zero-order chi connectivity index (χ0) is 19.9. The van der Waals surface area contributed by atoms with E-state index in [2.05, 4.69) is 23.8 Å². The Balaban J connectivity index is 1.81. The second-order valence-corrected chi connectivity index (χ2v) is 7.90. The predicted molar refractivity (Wildman–Crippen MR) is 105 cm³/mol. The molecule has 0 bridgehead atoms. The van der Waals surface area contributed by atoms with Crippen molar-refractivity contribution in [2.45, 2.75) is 25.1 Å². The summed E-state index contributed by atoms with van der Waals surface area (Å²) in [5.74, 6) is -1.96.